The fourth-order valence-corrected chi connectivity index (χ4v) is 4.29. The summed E-state index contributed by atoms with van der Waals surface area (Å²) in [6.45, 7) is 7.83. The molecule has 7 heteroatoms. The molecule has 1 unspecified atom stereocenters. The van der Waals surface area contributed by atoms with Crippen LogP contribution in [-0.4, -0.2) is 47.7 Å². The molecule has 0 aromatic heterocycles. The monoisotopic (exact) mass is 456 g/mol. The molecule has 2 amide bonds. The fourth-order valence-electron chi connectivity index (χ4n) is 4.29. The van der Waals surface area contributed by atoms with Crippen LogP contribution in [0.1, 0.15) is 51.7 Å². The van der Waals surface area contributed by atoms with Crippen molar-refractivity contribution in [3.63, 3.8) is 0 Å². The third-order valence-corrected chi connectivity index (χ3v) is 6.17. The molecule has 2 aromatic carbocycles. The summed E-state index contributed by atoms with van der Waals surface area (Å²) in [4.78, 5) is 27.3. The number of nitrogens with zero attached hydrogens (tertiary/aromatic N) is 2. The van der Waals surface area contributed by atoms with Crippen molar-refractivity contribution in [2.24, 2.45) is 5.92 Å². The Kier molecular flexibility index (Phi) is 7.12. The Morgan fingerprint density at radius 3 is 2.18 bits per heavy atom. The molecule has 178 valence electrons. The molecule has 0 bridgehead atoms. The van der Waals surface area contributed by atoms with Gasteiger partial charge in [0.1, 0.15) is 17.0 Å². The third kappa shape index (κ3) is 5.53. The average molecular weight is 457 g/mol. The number of hydrogen-bond donors (Lipinski definition) is 1. The molecule has 1 saturated heterocycles. The Bertz CT molecular complexity index is 994. The highest BCUT2D eigenvalue weighted by molar-refractivity contribution is 5.90. The molecule has 1 aliphatic heterocycles. The summed E-state index contributed by atoms with van der Waals surface area (Å²) in [5, 5.41) is 12.1. The summed E-state index contributed by atoms with van der Waals surface area (Å²) in [7, 11) is 1.68. The number of anilines is 1. The van der Waals surface area contributed by atoms with E-state index < -0.39 is 17.0 Å². The quantitative estimate of drug-likeness (QED) is 0.725. The van der Waals surface area contributed by atoms with E-state index in [-0.39, 0.29) is 17.9 Å². The summed E-state index contributed by atoms with van der Waals surface area (Å²) in [5.41, 5.74) is -0.247. The van der Waals surface area contributed by atoms with Crippen LogP contribution in [0, 0.1) is 11.7 Å². The van der Waals surface area contributed by atoms with Gasteiger partial charge in [-0.15, -0.1) is 0 Å². The van der Waals surface area contributed by atoms with Gasteiger partial charge in [-0.2, -0.15) is 0 Å². The first-order valence-corrected chi connectivity index (χ1v) is 11.2. The SMILES string of the molecule is CC(=O)N(C)c1ccc(C(O)(c2cccc(F)c2)C2CCN(C(=O)OC(C)(C)C)CC2)cc1. The number of hydrogen-bond acceptors (Lipinski definition) is 4. The van der Waals surface area contributed by atoms with Crippen molar-refractivity contribution in [3.05, 3.63) is 65.5 Å². The van der Waals surface area contributed by atoms with Gasteiger partial charge in [-0.1, -0.05) is 24.3 Å². The van der Waals surface area contributed by atoms with Crippen molar-refractivity contribution in [1.29, 1.82) is 0 Å². The van der Waals surface area contributed by atoms with E-state index >= 15 is 0 Å². The number of piperidine rings is 1. The van der Waals surface area contributed by atoms with Crippen molar-refractivity contribution >= 4 is 17.7 Å². The normalized spacial score (nSPS) is 16.8. The Labute approximate surface area is 195 Å². The minimum absolute atomic E-state index is 0.0994. The van der Waals surface area contributed by atoms with Gasteiger partial charge in [0.25, 0.3) is 0 Å². The second-order valence-corrected chi connectivity index (χ2v) is 9.64. The standard InChI is InChI=1S/C26H33FN2O4/c1-18(30)28(5)23-11-9-19(10-12-23)26(32,21-7-6-8-22(27)17-21)20-13-15-29(16-14-20)24(31)33-25(2,3)4/h6-12,17,20,32H,13-16H2,1-5H3. The predicted molar refractivity (Wildman–Crippen MR) is 125 cm³/mol. The maximum absolute atomic E-state index is 14.1. The van der Waals surface area contributed by atoms with Gasteiger partial charge >= 0.3 is 6.09 Å². The van der Waals surface area contributed by atoms with Gasteiger partial charge in [0, 0.05) is 32.7 Å². The summed E-state index contributed by atoms with van der Waals surface area (Å²) in [6.07, 6.45) is 0.690. The lowest BCUT2D eigenvalue weighted by atomic mass is 9.72. The number of carbonyl (C=O) groups is 2. The summed E-state index contributed by atoms with van der Waals surface area (Å²) >= 11 is 0. The number of ether oxygens (including phenoxy) is 1. The van der Waals surface area contributed by atoms with Crippen molar-refractivity contribution in [3.8, 4) is 0 Å². The Morgan fingerprint density at radius 1 is 1.06 bits per heavy atom. The van der Waals surface area contributed by atoms with Crippen LogP contribution in [0.2, 0.25) is 0 Å². The maximum atomic E-state index is 14.1. The van der Waals surface area contributed by atoms with Crippen LogP contribution in [0.25, 0.3) is 0 Å². The minimum atomic E-state index is -1.45. The molecule has 3 rings (SSSR count). The Balaban J connectivity index is 1.90. The number of aliphatic hydroxyl groups is 1. The average Bonchev–Trinajstić information content (AvgIpc) is 2.77. The van der Waals surface area contributed by atoms with Crippen molar-refractivity contribution < 1.29 is 23.8 Å². The summed E-state index contributed by atoms with van der Waals surface area (Å²) in [5.74, 6) is -0.767. The number of amides is 2. The number of carbonyl (C=O) groups excluding carboxylic acids is 2. The van der Waals surface area contributed by atoms with E-state index in [1.807, 2.05) is 20.8 Å². The lowest BCUT2D eigenvalue weighted by Crippen LogP contribution is -2.47. The van der Waals surface area contributed by atoms with E-state index in [0.717, 1.165) is 0 Å². The second-order valence-electron chi connectivity index (χ2n) is 9.64. The topological polar surface area (TPSA) is 70.1 Å². The first-order chi connectivity index (χ1) is 15.4. The molecular formula is C26H33FN2O4. The second kappa shape index (κ2) is 9.51. The molecule has 1 heterocycles. The first kappa shape index (κ1) is 24.7. The van der Waals surface area contributed by atoms with Crippen LogP contribution in [0.3, 0.4) is 0 Å². The number of likely N-dealkylation sites (tertiary alicyclic amines) is 1. The number of rotatable bonds is 4. The molecule has 0 aliphatic carbocycles. The molecule has 2 aromatic rings. The highest BCUT2D eigenvalue weighted by Crippen LogP contribution is 2.42. The molecule has 0 saturated carbocycles. The van der Waals surface area contributed by atoms with Crippen molar-refractivity contribution in [2.45, 2.75) is 51.7 Å². The van der Waals surface area contributed by atoms with Gasteiger partial charge in [-0.25, -0.2) is 9.18 Å². The highest BCUT2D eigenvalue weighted by atomic mass is 19.1. The van der Waals surface area contributed by atoms with Crippen molar-refractivity contribution in [2.75, 3.05) is 25.0 Å². The van der Waals surface area contributed by atoms with Gasteiger partial charge in [0.05, 0.1) is 0 Å². The van der Waals surface area contributed by atoms with Gasteiger partial charge in [0.2, 0.25) is 5.91 Å². The highest BCUT2D eigenvalue weighted by Gasteiger charge is 2.43. The molecule has 0 radical (unpaired) electrons. The largest absolute Gasteiger partial charge is 0.444 e. The van der Waals surface area contributed by atoms with Gasteiger partial charge < -0.3 is 19.6 Å². The van der Waals surface area contributed by atoms with Crippen LogP contribution in [-0.2, 0) is 15.1 Å². The van der Waals surface area contributed by atoms with Crippen LogP contribution >= 0.6 is 0 Å². The van der Waals surface area contributed by atoms with E-state index in [4.69, 9.17) is 4.74 Å². The van der Waals surface area contributed by atoms with Crippen LogP contribution in [0.4, 0.5) is 14.9 Å². The molecular weight excluding hydrogens is 423 g/mol. The van der Waals surface area contributed by atoms with E-state index in [2.05, 4.69) is 0 Å². The van der Waals surface area contributed by atoms with E-state index in [9.17, 15) is 19.1 Å². The van der Waals surface area contributed by atoms with E-state index in [1.54, 1.807) is 48.3 Å². The molecule has 33 heavy (non-hydrogen) atoms. The zero-order valence-corrected chi connectivity index (χ0v) is 20.0. The first-order valence-electron chi connectivity index (χ1n) is 11.2. The molecule has 0 spiro atoms. The zero-order chi connectivity index (χ0) is 24.4. The molecule has 1 atom stereocenters. The zero-order valence-electron chi connectivity index (χ0n) is 20.0. The molecule has 1 fully saturated rings. The van der Waals surface area contributed by atoms with Crippen molar-refractivity contribution in [1.82, 2.24) is 4.90 Å². The molecule has 6 nitrogen and oxygen atoms in total. The number of benzene rings is 2. The maximum Gasteiger partial charge on any atom is 0.410 e. The smallest absolute Gasteiger partial charge is 0.410 e. The van der Waals surface area contributed by atoms with E-state index in [1.165, 1.54) is 24.0 Å². The fraction of sp³-hybridized carbons (Fsp3) is 0.462. The van der Waals surface area contributed by atoms with Gasteiger partial charge in [0.15, 0.2) is 0 Å². The van der Waals surface area contributed by atoms with Gasteiger partial charge in [-0.05, 0) is 74.9 Å². The van der Waals surface area contributed by atoms with Gasteiger partial charge in [-0.3, -0.25) is 4.79 Å². The van der Waals surface area contributed by atoms with Crippen LogP contribution in [0.15, 0.2) is 48.5 Å². The van der Waals surface area contributed by atoms with E-state index in [0.29, 0.717) is 42.7 Å². The summed E-state index contributed by atoms with van der Waals surface area (Å²) < 4.78 is 19.6. The molecule has 1 N–H and O–H groups in total. The molecule has 1 aliphatic rings. The number of halogens is 1. The third-order valence-electron chi connectivity index (χ3n) is 6.17. The van der Waals surface area contributed by atoms with Crippen LogP contribution in [0.5, 0.6) is 0 Å². The predicted octanol–water partition coefficient (Wildman–Crippen LogP) is 4.69. The lowest BCUT2D eigenvalue weighted by molar-refractivity contribution is -0.116. The summed E-state index contributed by atoms with van der Waals surface area (Å²) in [6, 6.07) is 13.1. The van der Waals surface area contributed by atoms with Crippen LogP contribution < -0.4 is 4.90 Å². The lowest BCUT2D eigenvalue weighted by Gasteiger charge is -2.42. The Morgan fingerprint density at radius 2 is 1.67 bits per heavy atom. The Hall–Kier alpha value is -2.93. The minimum Gasteiger partial charge on any atom is -0.444 e.